The van der Waals surface area contributed by atoms with E-state index in [0.717, 1.165) is 0 Å². The molecule has 0 saturated heterocycles. The highest BCUT2D eigenvalue weighted by Crippen LogP contribution is 2.21. The van der Waals surface area contributed by atoms with Crippen molar-refractivity contribution in [1.82, 2.24) is 10.1 Å². The van der Waals surface area contributed by atoms with Crippen molar-refractivity contribution in [1.29, 1.82) is 0 Å². The second-order valence-corrected chi connectivity index (χ2v) is 3.01. The van der Waals surface area contributed by atoms with Crippen LogP contribution < -0.4 is 0 Å². The number of rotatable bonds is 4. The van der Waals surface area contributed by atoms with Gasteiger partial charge in [-0.25, -0.2) is 0 Å². The fourth-order valence-electron chi connectivity index (χ4n) is 1.09. The van der Waals surface area contributed by atoms with Crippen molar-refractivity contribution < 1.29 is 14.1 Å². The highest BCUT2D eigenvalue weighted by atomic mass is 16.5. The van der Waals surface area contributed by atoms with E-state index in [0.29, 0.717) is 12.1 Å². The van der Waals surface area contributed by atoms with Crippen molar-refractivity contribution >= 4 is 6.29 Å². The Hall–Kier alpha value is -1.23. The summed E-state index contributed by atoms with van der Waals surface area (Å²) in [7, 11) is 1.57. The maximum Gasteiger partial charge on any atom is 0.290 e. The summed E-state index contributed by atoms with van der Waals surface area (Å²) in [6, 6.07) is 0. The van der Waals surface area contributed by atoms with Gasteiger partial charge < -0.3 is 9.26 Å². The lowest BCUT2D eigenvalue weighted by Crippen LogP contribution is -2.10. The summed E-state index contributed by atoms with van der Waals surface area (Å²) in [6.45, 7) is 3.95. The van der Waals surface area contributed by atoms with Gasteiger partial charge in [0.25, 0.3) is 5.89 Å². The molecule has 0 fully saturated rings. The quantitative estimate of drug-likeness (QED) is 0.658. The first-order valence-corrected chi connectivity index (χ1v) is 4.00. The normalized spacial score (nSPS) is 13.2. The lowest BCUT2D eigenvalue weighted by molar-refractivity contribution is 0.0555. The second kappa shape index (κ2) is 4.13. The Labute approximate surface area is 76.1 Å². The van der Waals surface area contributed by atoms with Crippen LogP contribution >= 0.6 is 0 Å². The maximum atomic E-state index is 10.3. The molecule has 1 unspecified atom stereocenters. The van der Waals surface area contributed by atoms with Crippen molar-refractivity contribution in [3.05, 3.63) is 11.7 Å². The molecule has 0 aliphatic rings. The standard InChI is InChI=1S/C8H12N2O3/c1-5(2)7(12-3)8-9-6(4-11)13-10-8/h4-5,7H,1-3H3. The molecule has 1 aromatic rings. The van der Waals surface area contributed by atoms with Gasteiger partial charge in [-0.2, -0.15) is 4.98 Å². The fraction of sp³-hybridized carbons (Fsp3) is 0.625. The third-order valence-corrected chi connectivity index (χ3v) is 1.67. The topological polar surface area (TPSA) is 65.2 Å². The van der Waals surface area contributed by atoms with Crippen LogP contribution in [0.2, 0.25) is 0 Å². The summed E-state index contributed by atoms with van der Waals surface area (Å²) in [6.07, 6.45) is 0.293. The number of aromatic nitrogens is 2. The lowest BCUT2D eigenvalue weighted by atomic mass is 10.1. The van der Waals surface area contributed by atoms with Crippen LogP contribution in [-0.4, -0.2) is 23.5 Å². The molecule has 5 heteroatoms. The van der Waals surface area contributed by atoms with E-state index in [1.54, 1.807) is 7.11 Å². The second-order valence-electron chi connectivity index (χ2n) is 3.01. The molecule has 1 rings (SSSR count). The number of hydrogen-bond donors (Lipinski definition) is 0. The highest BCUT2D eigenvalue weighted by molar-refractivity contribution is 5.66. The van der Waals surface area contributed by atoms with E-state index in [4.69, 9.17) is 4.74 Å². The zero-order chi connectivity index (χ0) is 9.84. The average Bonchev–Trinajstić information content (AvgIpc) is 2.53. The molecule has 1 aromatic heterocycles. The van der Waals surface area contributed by atoms with E-state index in [9.17, 15) is 4.79 Å². The van der Waals surface area contributed by atoms with E-state index in [-0.39, 0.29) is 17.9 Å². The number of hydrogen-bond acceptors (Lipinski definition) is 5. The maximum absolute atomic E-state index is 10.3. The van der Waals surface area contributed by atoms with E-state index < -0.39 is 0 Å². The van der Waals surface area contributed by atoms with Gasteiger partial charge in [0.2, 0.25) is 12.1 Å². The molecule has 0 saturated carbocycles. The summed E-state index contributed by atoms with van der Waals surface area (Å²) in [5, 5.41) is 3.64. The molecule has 1 heterocycles. The minimum atomic E-state index is -0.225. The average molecular weight is 184 g/mol. The van der Waals surface area contributed by atoms with Gasteiger partial charge in [-0.15, -0.1) is 0 Å². The van der Waals surface area contributed by atoms with Gasteiger partial charge in [-0.1, -0.05) is 19.0 Å². The molecular weight excluding hydrogens is 172 g/mol. The molecule has 1 atom stereocenters. The summed E-state index contributed by atoms with van der Waals surface area (Å²) in [5.74, 6) is 0.638. The minimum absolute atomic E-state index is 0.0160. The van der Waals surface area contributed by atoms with E-state index >= 15 is 0 Å². The minimum Gasteiger partial charge on any atom is -0.373 e. The van der Waals surface area contributed by atoms with Gasteiger partial charge >= 0.3 is 0 Å². The SMILES string of the molecule is COC(c1noc(C=O)n1)C(C)C. The lowest BCUT2D eigenvalue weighted by Gasteiger charge is -2.14. The largest absolute Gasteiger partial charge is 0.373 e. The van der Waals surface area contributed by atoms with Crippen LogP contribution in [0.3, 0.4) is 0 Å². The third kappa shape index (κ3) is 2.12. The number of nitrogens with zero attached hydrogens (tertiary/aromatic N) is 2. The van der Waals surface area contributed by atoms with Crippen LogP contribution in [-0.2, 0) is 4.74 Å². The van der Waals surface area contributed by atoms with Gasteiger partial charge in [-0.3, -0.25) is 4.79 Å². The first-order chi connectivity index (χ1) is 6.19. The smallest absolute Gasteiger partial charge is 0.290 e. The molecule has 0 spiro atoms. The molecular formula is C8H12N2O3. The van der Waals surface area contributed by atoms with E-state index in [2.05, 4.69) is 14.7 Å². The van der Waals surface area contributed by atoms with E-state index in [1.807, 2.05) is 13.8 Å². The van der Waals surface area contributed by atoms with Crippen LogP contribution in [0.15, 0.2) is 4.52 Å². The monoisotopic (exact) mass is 184 g/mol. The Morgan fingerprint density at radius 1 is 1.54 bits per heavy atom. The first-order valence-electron chi connectivity index (χ1n) is 4.00. The Balaban J connectivity index is 2.85. The van der Waals surface area contributed by atoms with Gasteiger partial charge in [0.15, 0.2) is 0 Å². The van der Waals surface area contributed by atoms with E-state index in [1.165, 1.54) is 0 Å². The molecule has 0 bridgehead atoms. The molecule has 0 aliphatic heterocycles. The molecule has 0 amide bonds. The molecule has 72 valence electrons. The van der Waals surface area contributed by atoms with Crippen LogP contribution in [0, 0.1) is 5.92 Å². The predicted molar refractivity (Wildman–Crippen MR) is 44.3 cm³/mol. The summed E-state index contributed by atoms with van der Waals surface area (Å²) in [4.78, 5) is 14.1. The van der Waals surface area contributed by atoms with Gasteiger partial charge in [0.1, 0.15) is 6.10 Å². The van der Waals surface area contributed by atoms with Crippen molar-refractivity contribution in [2.45, 2.75) is 20.0 Å². The van der Waals surface area contributed by atoms with Crippen molar-refractivity contribution in [2.24, 2.45) is 5.92 Å². The van der Waals surface area contributed by atoms with Gasteiger partial charge in [0.05, 0.1) is 0 Å². The molecule has 0 N–H and O–H groups in total. The Morgan fingerprint density at radius 2 is 2.23 bits per heavy atom. The Kier molecular flexibility index (Phi) is 3.13. The predicted octanol–water partition coefficient (Wildman–Crippen LogP) is 1.23. The molecule has 0 radical (unpaired) electrons. The number of carbonyl (C=O) groups excluding carboxylic acids is 1. The number of methoxy groups -OCH3 is 1. The molecule has 0 aliphatic carbocycles. The zero-order valence-corrected chi connectivity index (χ0v) is 7.85. The van der Waals surface area contributed by atoms with Crippen molar-refractivity contribution in [3.63, 3.8) is 0 Å². The summed E-state index contributed by atoms with van der Waals surface area (Å²) < 4.78 is 9.79. The molecule has 13 heavy (non-hydrogen) atoms. The van der Waals surface area contributed by atoms with Crippen LogP contribution in [0.1, 0.15) is 36.5 Å². The third-order valence-electron chi connectivity index (χ3n) is 1.67. The number of carbonyl (C=O) groups is 1. The van der Waals surface area contributed by atoms with Crippen molar-refractivity contribution in [3.8, 4) is 0 Å². The number of aldehydes is 1. The summed E-state index contributed by atoms with van der Waals surface area (Å²) in [5.41, 5.74) is 0. The fourth-order valence-corrected chi connectivity index (χ4v) is 1.09. The molecule has 5 nitrogen and oxygen atoms in total. The van der Waals surface area contributed by atoms with Gasteiger partial charge in [-0.05, 0) is 5.92 Å². The first kappa shape index (κ1) is 9.85. The van der Waals surface area contributed by atoms with Crippen molar-refractivity contribution in [2.75, 3.05) is 7.11 Å². The Bertz CT molecular complexity index is 283. The zero-order valence-electron chi connectivity index (χ0n) is 7.85. The number of ether oxygens (including phenoxy) is 1. The van der Waals surface area contributed by atoms with Crippen LogP contribution in [0.5, 0.6) is 0 Å². The van der Waals surface area contributed by atoms with Gasteiger partial charge in [0, 0.05) is 7.11 Å². The highest BCUT2D eigenvalue weighted by Gasteiger charge is 2.20. The molecule has 0 aromatic carbocycles. The Morgan fingerprint density at radius 3 is 2.62 bits per heavy atom. The van der Waals surface area contributed by atoms with Crippen LogP contribution in [0.25, 0.3) is 0 Å². The van der Waals surface area contributed by atoms with Crippen LogP contribution in [0.4, 0.5) is 0 Å². The summed E-state index contributed by atoms with van der Waals surface area (Å²) >= 11 is 0.